The lowest BCUT2D eigenvalue weighted by Crippen LogP contribution is -2.44. The molecule has 2 rings (SSSR count). The van der Waals surface area contributed by atoms with Crippen LogP contribution in [0.3, 0.4) is 0 Å². The monoisotopic (exact) mass is 291 g/mol. The van der Waals surface area contributed by atoms with Crippen molar-refractivity contribution in [1.29, 1.82) is 0 Å². The average Bonchev–Trinajstić information content (AvgIpc) is 2.43. The zero-order chi connectivity index (χ0) is 14.4. The lowest BCUT2D eigenvalue weighted by atomic mass is 10.1. The maximum atomic E-state index is 5.35. The Hall–Kier alpha value is -1.50. The van der Waals surface area contributed by atoms with Gasteiger partial charge in [0.15, 0.2) is 5.11 Å². The average molecular weight is 291 g/mol. The van der Waals surface area contributed by atoms with Gasteiger partial charge in [0.2, 0.25) is 0 Å². The minimum Gasteiger partial charge on any atom is -0.375 e. The van der Waals surface area contributed by atoms with E-state index >= 15 is 0 Å². The fraction of sp³-hybridized carbons (Fsp3) is 0.429. The zero-order valence-corrected chi connectivity index (χ0v) is 12.6. The molecule has 0 bridgehead atoms. The number of rotatable bonds is 4. The molecule has 0 aliphatic carbocycles. The molecule has 0 spiro atoms. The first-order valence-electron chi connectivity index (χ1n) is 6.72. The van der Waals surface area contributed by atoms with Gasteiger partial charge in [0.1, 0.15) is 0 Å². The van der Waals surface area contributed by atoms with Gasteiger partial charge in [-0.15, -0.1) is 0 Å². The summed E-state index contributed by atoms with van der Waals surface area (Å²) in [5.41, 5.74) is 10.3. The topological polar surface area (TPSA) is 56.9 Å². The van der Waals surface area contributed by atoms with Crippen molar-refractivity contribution in [1.82, 2.24) is 15.2 Å². The lowest BCUT2D eigenvalue weighted by Gasteiger charge is -2.32. The number of nitrogens with zero attached hydrogens (tertiary/aromatic N) is 3. The Morgan fingerprint density at radius 1 is 1.35 bits per heavy atom. The first-order chi connectivity index (χ1) is 9.65. The second kappa shape index (κ2) is 7.33. The molecule has 20 heavy (non-hydrogen) atoms. The minimum absolute atomic E-state index is 0.179. The second-order valence-electron chi connectivity index (χ2n) is 5.01. The number of hydrogen-bond donors (Lipinski definition) is 2. The number of hydrogen-bond acceptors (Lipinski definition) is 4. The van der Waals surface area contributed by atoms with Gasteiger partial charge in [-0.05, 0) is 30.4 Å². The molecule has 1 aromatic carbocycles. The second-order valence-corrected chi connectivity index (χ2v) is 5.45. The Kier molecular flexibility index (Phi) is 5.46. The molecule has 1 aromatic rings. The predicted molar refractivity (Wildman–Crippen MR) is 86.7 cm³/mol. The van der Waals surface area contributed by atoms with Crippen molar-refractivity contribution in [2.75, 3.05) is 33.2 Å². The Balaban J connectivity index is 2.00. The van der Waals surface area contributed by atoms with Crippen molar-refractivity contribution in [3.8, 4) is 0 Å². The fourth-order valence-corrected chi connectivity index (χ4v) is 2.27. The molecule has 6 heteroatoms. The van der Waals surface area contributed by atoms with Gasteiger partial charge < -0.3 is 10.6 Å². The van der Waals surface area contributed by atoms with Crippen LogP contribution >= 0.6 is 12.2 Å². The van der Waals surface area contributed by atoms with Crippen molar-refractivity contribution in [3.05, 3.63) is 35.4 Å². The van der Waals surface area contributed by atoms with Crippen molar-refractivity contribution < 1.29 is 0 Å². The summed E-state index contributed by atoms with van der Waals surface area (Å²) in [4.78, 5) is 4.82. The number of likely N-dealkylation sites (N-methyl/N-ethyl adjacent to an activating group) is 1. The number of thiocarbonyl (C=S) groups is 1. The highest BCUT2D eigenvalue weighted by Crippen LogP contribution is 2.11. The molecule has 1 heterocycles. The third kappa shape index (κ3) is 4.56. The first-order valence-corrected chi connectivity index (χ1v) is 7.13. The summed E-state index contributed by atoms with van der Waals surface area (Å²) in [6.07, 6.45) is 1.77. The van der Waals surface area contributed by atoms with Gasteiger partial charge in [-0.3, -0.25) is 10.3 Å². The zero-order valence-electron chi connectivity index (χ0n) is 11.7. The smallest absolute Gasteiger partial charge is 0.184 e. The molecule has 1 aliphatic heterocycles. The van der Waals surface area contributed by atoms with Gasteiger partial charge in [-0.1, -0.05) is 24.3 Å². The molecule has 0 saturated carbocycles. The van der Waals surface area contributed by atoms with E-state index in [4.69, 9.17) is 18.0 Å². The maximum absolute atomic E-state index is 5.35. The molecule has 5 nitrogen and oxygen atoms in total. The van der Waals surface area contributed by atoms with Gasteiger partial charge in [0.05, 0.1) is 6.21 Å². The van der Waals surface area contributed by atoms with Crippen LogP contribution in [0.15, 0.2) is 29.4 Å². The summed E-state index contributed by atoms with van der Waals surface area (Å²) in [5, 5.41) is 4.22. The fourth-order valence-electron chi connectivity index (χ4n) is 2.22. The molecule has 3 N–H and O–H groups in total. The van der Waals surface area contributed by atoms with Crippen LogP contribution in [0.4, 0.5) is 0 Å². The number of nitrogens with two attached hydrogens (primary N) is 1. The van der Waals surface area contributed by atoms with E-state index in [0.717, 1.165) is 38.3 Å². The van der Waals surface area contributed by atoms with Crippen molar-refractivity contribution in [3.63, 3.8) is 0 Å². The van der Waals surface area contributed by atoms with Gasteiger partial charge in [0.25, 0.3) is 0 Å². The number of nitrogens with one attached hydrogen (secondary N) is 1. The summed E-state index contributed by atoms with van der Waals surface area (Å²) in [6, 6.07) is 8.26. The van der Waals surface area contributed by atoms with E-state index in [1.807, 2.05) is 6.07 Å². The molecule has 1 aliphatic rings. The lowest BCUT2D eigenvalue weighted by molar-refractivity contribution is 0.148. The van der Waals surface area contributed by atoms with E-state index in [-0.39, 0.29) is 5.11 Å². The molecule has 0 amide bonds. The number of benzene rings is 1. The molecule has 108 valence electrons. The molecule has 1 saturated heterocycles. The molecule has 0 unspecified atom stereocenters. The molecule has 0 aromatic heterocycles. The van der Waals surface area contributed by atoms with E-state index in [9.17, 15) is 0 Å². The van der Waals surface area contributed by atoms with Crippen molar-refractivity contribution in [2.24, 2.45) is 10.8 Å². The van der Waals surface area contributed by atoms with Gasteiger partial charge >= 0.3 is 0 Å². The third-order valence-electron chi connectivity index (χ3n) is 3.42. The Morgan fingerprint density at radius 2 is 2.05 bits per heavy atom. The van der Waals surface area contributed by atoms with Crippen LogP contribution in [0.1, 0.15) is 11.1 Å². The van der Waals surface area contributed by atoms with Crippen LogP contribution in [0.5, 0.6) is 0 Å². The normalized spacial score (nSPS) is 17.4. The van der Waals surface area contributed by atoms with E-state index in [2.05, 4.69) is 45.6 Å². The largest absolute Gasteiger partial charge is 0.375 e. The standard InChI is InChI=1S/C14H21N5S/c1-18-6-8-19(9-7-18)11-13-5-3-2-4-12(13)10-16-17-14(15)20/h2-5,10H,6-9,11H2,1H3,(H3,15,17,20). The van der Waals surface area contributed by atoms with E-state index in [0.29, 0.717) is 0 Å². The van der Waals surface area contributed by atoms with Crippen LogP contribution < -0.4 is 11.2 Å². The summed E-state index contributed by atoms with van der Waals surface area (Å²) in [6.45, 7) is 5.40. The summed E-state index contributed by atoms with van der Waals surface area (Å²) < 4.78 is 0. The Labute approximate surface area is 125 Å². The quantitative estimate of drug-likeness (QED) is 0.483. The third-order valence-corrected chi connectivity index (χ3v) is 3.51. The number of hydrazone groups is 1. The van der Waals surface area contributed by atoms with Crippen LogP contribution in [0.2, 0.25) is 0 Å². The maximum Gasteiger partial charge on any atom is 0.184 e. The Bertz CT molecular complexity index is 480. The molecular formula is C14H21N5S. The molecule has 0 atom stereocenters. The predicted octanol–water partition coefficient (Wildman–Crippen LogP) is 0.601. The minimum atomic E-state index is 0.179. The molecule has 0 radical (unpaired) electrons. The van der Waals surface area contributed by atoms with Crippen LogP contribution in [-0.2, 0) is 6.54 Å². The Morgan fingerprint density at radius 3 is 2.75 bits per heavy atom. The highest BCUT2D eigenvalue weighted by Gasteiger charge is 2.14. The summed E-state index contributed by atoms with van der Waals surface area (Å²) in [7, 11) is 2.17. The first kappa shape index (κ1) is 14.9. The van der Waals surface area contributed by atoms with Gasteiger partial charge in [-0.25, -0.2) is 0 Å². The molecular weight excluding hydrogens is 270 g/mol. The van der Waals surface area contributed by atoms with Gasteiger partial charge in [0, 0.05) is 32.7 Å². The highest BCUT2D eigenvalue weighted by atomic mass is 32.1. The van der Waals surface area contributed by atoms with Crippen LogP contribution in [-0.4, -0.2) is 54.4 Å². The van der Waals surface area contributed by atoms with Crippen molar-refractivity contribution in [2.45, 2.75) is 6.54 Å². The number of piperazine rings is 1. The molecule has 1 fully saturated rings. The van der Waals surface area contributed by atoms with Crippen LogP contribution in [0.25, 0.3) is 0 Å². The van der Waals surface area contributed by atoms with E-state index in [1.54, 1.807) is 6.21 Å². The SMILES string of the molecule is CN1CCN(Cc2ccccc2C=NNC(N)=S)CC1. The van der Waals surface area contributed by atoms with E-state index < -0.39 is 0 Å². The van der Waals surface area contributed by atoms with Crippen molar-refractivity contribution >= 4 is 23.5 Å². The van der Waals surface area contributed by atoms with Gasteiger partial charge in [-0.2, -0.15) is 5.10 Å². The van der Waals surface area contributed by atoms with E-state index in [1.165, 1.54) is 5.56 Å². The van der Waals surface area contributed by atoms with Crippen LogP contribution in [0, 0.1) is 0 Å². The summed E-state index contributed by atoms with van der Waals surface area (Å²) >= 11 is 4.73. The summed E-state index contributed by atoms with van der Waals surface area (Å²) in [5.74, 6) is 0. The highest BCUT2D eigenvalue weighted by molar-refractivity contribution is 7.80.